The van der Waals surface area contributed by atoms with Crippen LogP contribution in [0.3, 0.4) is 0 Å². The van der Waals surface area contributed by atoms with Crippen molar-refractivity contribution in [2.75, 3.05) is 14.2 Å². The first-order valence-corrected chi connectivity index (χ1v) is 7.76. The van der Waals surface area contributed by atoms with E-state index in [4.69, 9.17) is 14.5 Å². The molecule has 0 radical (unpaired) electrons. The van der Waals surface area contributed by atoms with E-state index in [-0.39, 0.29) is 0 Å². The lowest BCUT2D eigenvalue weighted by atomic mass is 9.86. The lowest BCUT2D eigenvalue weighted by Crippen LogP contribution is -2.07. The molecule has 0 aliphatic heterocycles. The summed E-state index contributed by atoms with van der Waals surface area (Å²) in [5, 5.41) is 1.12. The van der Waals surface area contributed by atoms with E-state index in [1.165, 1.54) is 43.4 Å². The van der Waals surface area contributed by atoms with Gasteiger partial charge in [0.2, 0.25) is 0 Å². The van der Waals surface area contributed by atoms with Gasteiger partial charge >= 0.3 is 0 Å². The van der Waals surface area contributed by atoms with Crippen LogP contribution in [0.2, 0.25) is 0 Å². The molecule has 0 bridgehead atoms. The number of hydrogen-bond acceptors (Lipinski definition) is 3. The van der Waals surface area contributed by atoms with Gasteiger partial charge in [-0.1, -0.05) is 19.3 Å². The zero-order valence-electron chi connectivity index (χ0n) is 13.1. The molecule has 0 N–H and O–H groups in total. The minimum atomic E-state index is 0.605. The minimum absolute atomic E-state index is 0.605. The van der Waals surface area contributed by atoms with Crippen LogP contribution in [-0.4, -0.2) is 19.2 Å². The fourth-order valence-electron chi connectivity index (χ4n) is 3.34. The highest BCUT2D eigenvalue weighted by Crippen LogP contribution is 2.36. The SMILES string of the molecule is COc1cc(OC)c2nc(C3CCCCC3)cc(C)c2c1. The van der Waals surface area contributed by atoms with Crippen molar-refractivity contribution in [3.63, 3.8) is 0 Å². The fourth-order valence-corrected chi connectivity index (χ4v) is 3.34. The smallest absolute Gasteiger partial charge is 0.148 e. The summed E-state index contributed by atoms with van der Waals surface area (Å²) in [6.45, 7) is 2.15. The second kappa shape index (κ2) is 5.92. The quantitative estimate of drug-likeness (QED) is 0.825. The van der Waals surface area contributed by atoms with Crippen LogP contribution in [0, 0.1) is 6.92 Å². The summed E-state index contributed by atoms with van der Waals surface area (Å²) in [6, 6.07) is 6.21. The molecule has 0 atom stereocenters. The Kier molecular flexibility index (Phi) is 4.00. The zero-order valence-corrected chi connectivity index (χ0v) is 13.1. The maximum atomic E-state index is 5.52. The third kappa shape index (κ3) is 2.69. The summed E-state index contributed by atoms with van der Waals surface area (Å²) in [6.07, 6.45) is 6.53. The minimum Gasteiger partial charge on any atom is -0.497 e. The largest absolute Gasteiger partial charge is 0.497 e. The second-order valence-electron chi connectivity index (χ2n) is 5.92. The van der Waals surface area contributed by atoms with E-state index in [0.717, 1.165) is 22.4 Å². The van der Waals surface area contributed by atoms with Gasteiger partial charge < -0.3 is 9.47 Å². The van der Waals surface area contributed by atoms with Crippen molar-refractivity contribution in [3.8, 4) is 11.5 Å². The van der Waals surface area contributed by atoms with Crippen molar-refractivity contribution < 1.29 is 9.47 Å². The van der Waals surface area contributed by atoms with Gasteiger partial charge in [-0.3, -0.25) is 0 Å². The van der Waals surface area contributed by atoms with Crippen molar-refractivity contribution in [1.82, 2.24) is 4.98 Å². The highest BCUT2D eigenvalue weighted by Gasteiger charge is 2.19. The van der Waals surface area contributed by atoms with Gasteiger partial charge in [-0.25, -0.2) is 4.98 Å². The molecule has 1 heterocycles. The van der Waals surface area contributed by atoms with E-state index >= 15 is 0 Å². The summed E-state index contributed by atoms with van der Waals surface area (Å²) < 4.78 is 10.9. The van der Waals surface area contributed by atoms with Crippen molar-refractivity contribution in [1.29, 1.82) is 0 Å². The first kappa shape index (κ1) is 14.2. The van der Waals surface area contributed by atoms with Gasteiger partial charge in [0.25, 0.3) is 0 Å². The molecular formula is C18H23NO2. The van der Waals surface area contributed by atoms with Crippen LogP contribution < -0.4 is 9.47 Å². The molecule has 3 rings (SSSR count). The molecule has 1 saturated carbocycles. The number of pyridine rings is 1. The summed E-state index contributed by atoms with van der Waals surface area (Å²) in [7, 11) is 3.37. The van der Waals surface area contributed by atoms with Gasteiger partial charge in [0, 0.05) is 23.1 Å². The maximum Gasteiger partial charge on any atom is 0.148 e. The molecule has 1 aromatic carbocycles. The number of benzene rings is 1. The molecule has 0 unspecified atom stereocenters. The predicted molar refractivity (Wildman–Crippen MR) is 85.4 cm³/mol. The van der Waals surface area contributed by atoms with Crippen LogP contribution in [0.25, 0.3) is 10.9 Å². The number of methoxy groups -OCH3 is 2. The highest BCUT2D eigenvalue weighted by atomic mass is 16.5. The average Bonchev–Trinajstić information content (AvgIpc) is 2.54. The van der Waals surface area contributed by atoms with Gasteiger partial charge in [-0.2, -0.15) is 0 Å². The van der Waals surface area contributed by atoms with E-state index in [1.807, 2.05) is 12.1 Å². The van der Waals surface area contributed by atoms with Crippen LogP contribution >= 0.6 is 0 Å². The molecule has 3 heteroatoms. The first-order chi connectivity index (χ1) is 10.2. The summed E-state index contributed by atoms with van der Waals surface area (Å²) in [5.74, 6) is 2.22. The predicted octanol–water partition coefficient (Wildman–Crippen LogP) is 4.61. The monoisotopic (exact) mass is 285 g/mol. The number of ether oxygens (including phenoxy) is 2. The second-order valence-corrected chi connectivity index (χ2v) is 5.92. The molecule has 0 amide bonds. The lowest BCUT2D eigenvalue weighted by Gasteiger charge is -2.22. The van der Waals surface area contributed by atoms with Gasteiger partial charge in [0.05, 0.1) is 14.2 Å². The molecule has 21 heavy (non-hydrogen) atoms. The number of aryl methyl sites for hydroxylation is 1. The third-order valence-electron chi connectivity index (χ3n) is 4.56. The van der Waals surface area contributed by atoms with Gasteiger partial charge in [0.1, 0.15) is 17.0 Å². The Morgan fingerprint density at radius 2 is 1.76 bits per heavy atom. The van der Waals surface area contributed by atoms with Crippen molar-refractivity contribution in [3.05, 3.63) is 29.5 Å². The number of nitrogens with zero attached hydrogens (tertiary/aromatic N) is 1. The number of aromatic nitrogens is 1. The van der Waals surface area contributed by atoms with Crippen LogP contribution in [0.1, 0.15) is 49.3 Å². The molecule has 1 aliphatic carbocycles. The van der Waals surface area contributed by atoms with Crippen LogP contribution in [0.4, 0.5) is 0 Å². The molecule has 1 aromatic heterocycles. The standard InChI is InChI=1S/C18H23NO2/c1-12-9-16(13-7-5-4-6-8-13)19-18-15(12)10-14(20-2)11-17(18)21-3/h9-11,13H,4-8H2,1-3H3. The molecule has 112 valence electrons. The van der Waals surface area contributed by atoms with Gasteiger partial charge in [-0.15, -0.1) is 0 Å². The molecule has 2 aromatic rings. The Labute approximate surface area is 126 Å². The Bertz CT molecular complexity index is 645. The third-order valence-corrected chi connectivity index (χ3v) is 4.56. The topological polar surface area (TPSA) is 31.4 Å². The Morgan fingerprint density at radius 1 is 1.00 bits per heavy atom. The van der Waals surface area contributed by atoms with E-state index in [0.29, 0.717) is 5.92 Å². The van der Waals surface area contributed by atoms with Crippen molar-refractivity contribution in [2.45, 2.75) is 44.9 Å². The van der Waals surface area contributed by atoms with Crippen LogP contribution in [0.15, 0.2) is 18.2 Å². The molecule has 0 saturated heterocycles. The van der Waals surface area contributed by atoms with Crippen molar-refractivity contribution >= 4 is 10.9 Å². The molecule has 0 spiro atoms. The van der Waals surface area contributed by atoms with E-state index < -0.39 is 0 Å². The average molecular weight is 285 g/mol. The van der Waals surface area contributed by atoms with Gasteiger partial charge in [0.15, 0.2) is 0 Å². The Morgan fingerprint density at radius 3 is 2.43 bits per heavy atom. The first-order valence-electron chi connectivity index (χ1n) is 7.76. The van der Waals surface area contributed by atoms with Gasteiger partial charge in [-0.05, 0) is 37.5 Å². The fraction of sp³-hybridized carbons (Fsp3) is 0.500. The number of hydrogen-bond donors (Lipinski definition) is 0. The highest BCUT2D eigenvalue weighted by molar-refractivity contribution is 5.89. The number of fused-ring (bicyclic) bond motifs is 1. The zero-order chi connectivity index (χ0) is 14.8. The lowest BCUT2D eigenvalue weighted by molar-refractivity contribution is 0.397. The molecule has 1 aliphatic rings. The van der Waals surface area contributed by atoms with E-state index in [1.54, 1.807) is 14.2 Å². The summed E-state index contributed by atoms with van der Waals surface area (Å²) >= 11 is 0. The number of rotatable bonds is 3. The van der Waals surface area contributed by atoms with Crippen molar-refractivity contribution in [2.24, 2.45) is 0 Å². The summed E-state index contributed by atoms with van der Waals surface area (Å²) in [5.41, 5.74) is 3.43. The summed E-state index contributed by atoms with van der Waals surface area (Å²) in [4.78, 5) is 4.93. The normalized spacial score (nSPS) is 16.1. The van der Waals surface area contributed by atoms with Crippen LogP contribution in [0.5, 0.6) is 11.5 Å². The maximum absolute atomic E-state index is 5.52. The Hall–Kier alpha value is -1.77. The molecule has 1 fully saturated rings. The molecule has 3 nitrogen and oxygen atoms in total. The molecular weight excluding hydrogens is 262 g/mol. The van der Waals surface area contributed by atoms with E-state index in [2.05, 4.69) is 13.0 Å². The van der Waals surface area contributed by atoms with E-state index in [9.17, 15) is 0 Å². The van der Waals surface area contributed by atoms with Crippen LogP contribution in [-0.2, 0) is 0 Å². The Balaban J connectivity index is 2.13.